The smallest absolute Gasteiger partial charge is 0.339 e. The zero-order valence-corrected chi connectivity index (χ0v) is 16.7. The lowest BCUT2D eigenvalue weighted by molar-refractivity contribution is 0.0526. The molecule has 2 aromatic carbocycles. The summed E-state index contributed by atoms with van der Waals surface area (Å²) in [6, 6.07) is 8.45. The standard InChI is InChI=1S/C17H17Cl2NO5S/c1-4-25-17(21)13-7-5-11(9-14(13)18)20(2)26(22,23)12-6-8-16(24-3)15(19)10-12/h5-10H,4H2,1-3H3. The maximum atomic E-state index is 12.8. The minimum absolute atomic E-state index is 0.00334. The van der Waals surface area contributed by atoms with Crippen LogP contribution in [-0.2, 0) is 14.8 Å². The van der Waals surface area contributed by atoms with E-state index in [4.69, 9.17) is 32.7 Å². The van der Waals surface area contributed by atoms with E-state index in [1.54, 1.807) is 6.92 Å². The number of esters is 1. The third-order valence-corrected chi connectivity index (χ3v) is 5.98. The van der Waals surface area contributed by atoms with Crippen LogP contribution in [0.15, 0.2) is 41.3 Å². The Morgan fingerprint density at radius 1 is 1.12 bits per heavy atom. The highest BCUT2D eigenvalue weighted by atomic mass is 35.5. The van der Waals surface area contributed by atoms with Crippen LogP contribution in [0.2, 0.25) is 10.0 Å². The van der Waals surface area contributed by atoms with Crippen molar-refractivity contribution in [2.75, 3.05) is 25.1 Å². The maximum Gasteiger partial charge on any atom is 0.339 e. The van der Waals surface area contributed by atoms with Crippen molar-refractivity contribution in [3.05, 3.63) is 52.0 Å². The van der Waals surface area contributed by atoms with Gasteiger partial charge in [-0.15, -0.1) is 0 Å². The molecule has 0 saturated carbocycles. The quantitative estimate of drug-likeness (QED) is 0.663. The Balaban J connectivity index is 2.38. The van der Waals surface area contributed by atoms with Crippen LogP contribution in [0.25, 0.3) is 0 Å². The molecule has 0 atom stereocenters. The van der Waals surface area contributed by atoms with Crippen molar-refractivity contribution in [2.24, 2.45) is 0 Å². The summed E-state index contributed by atoms with van der Waals surface area (Å²) in [5, 5.41) is 0.272. The molecule has 2 rings (SSSR count). The van der Waals surface area contributed by atoms with Crippen molar-refractivity contribution in [2.45, 2.75) is 11.8 Å². The number of rotatable bonds is 6. The summed E-state index contributed by atoms with van der Waals surface area (Å²) in [5.41, 5.74) is 0.450. The molecule has 0 unspecified atom stereocenters. The molecule has 0 aliphatic rings. The molecule has 0 aromatic heterocycles. The van der Waals surface area contributed by atoms with Crippen LogP contribution in [0.5, 0.6) is 5.75 Å². The third kappa shape index (κ3) is 4.06. The van der Waals surface area contributed by atoms with Crippen LogP contribution in [0, 0.1) is 0 Å². The monoisotopic (exact) mass is 417 g/mol. The number of carbonyl (C=O) groups excluding carboxylic acids is 1. The number of carbonyl (C=O) groups is 1. The molecule has 6 nitrogen and oxygen atoms in total. The highest BCUT2D eigenvalue weighted by molar-refractivity contribution is 7.92. The lowest BCUT2D eigenvalue weighted by Gasteiger charge is -2.20. The largest absolute Gasteiger partial charge is 0.495 e. The molecule has 0 aliphatic carbocycles. The number of methoxy groups -OCH3 is 1. The van der Waals surface area contributed by atoms with E-state index >= 15 is 0 Å². The van der Waals surface area contributed by atoms with Crippen molar-refractivity contribution in [3.63, 3.8) is 0 Å². The van der Waals surface area contributed by atoms with Crippen molar-refractivity contribution >= 4 is 44.9 Å². The van der Waals surface area contributed by atoms with E-state index in [2.05, 4.69) is 0 Å². The Bertz CT molecular complexity index is 931. The van der Waals surface area contributed by atoms with Crippen LogP contribution in [0.1, 0.15) is 17.3 Å². The van der Waals surface area contributed by atoms with E-state index in [1.165, 1.54) is 50.6 Å². The molecule has 0 fully saturated rings. The van der Waals surface area contributed by atoms with Gasteiger partial charge in [0.1, 0.15) is 5.75 Å². The van der Waals surface area contributed by atoms with E-state index in [0.717, 1.165) is 4.31 Å². The number of anilines is 1. The second-order valence-corrected chi connectivity index (χ2v) is 7.94. The first-order chi connectivity index (χ1) is 12.2. The number of halogens is 2. The predicted octanol–water partition coefficient (Wildman–Crippen LogP) is 4.00. The summed E-state index contributed by atoms with van der Waals surface area (Å²) >= 11 is 12.1. The molecule has 0 spiro atoms. The average Bonchev–Trinajstić information content (AvgIpc) is 2.60. The van der Waals surface area contributed by atoms with Crippen LogP contribution in [0.3, 0.4) is 0 Å². The Morgan fingerprint density at radius 3 is 2.35 bits per heavy atom. The SMILES string of the molecule is CCOC(=O)c1ccc(N(C)S(=O)(=O)c2ccc(OC)c(Cl)c2)cc1Cl. The Labute approximate surface area is 162 Å². The number of hydrogen-bond acceptors (Lipinski definition) is 5. The molecule has 26 heavy (non-hydrogen) atoms. The molecule has 0 saturated heterocycles. The van der Waals surface area contributed by atoms with Crippen molar-refractivity contribution in [1.29, 1.82) is 0 Å². The summed E-state index contributed by atoms with van der Waals surface area (Å²) in [4.78, 5) is 11.8. The van der Waals surface area contributed by atoms with Gasteiger partial charge in [0.05, 0.1) is 39.9 Å². The van der Waals surface area contributed by atoms with Gasteiger partial charge < -0.3 is 9.47 Å². The Morgan fingerprint density at radius 2 is 1.81 bits per heavy atom. The summed E-state index contributed by atoms with van der Waals surface area (Å²) in [7, 11) is -1.06. The minimum atomic E-state index is -3.88. The van der Waals surface area contributed by atoms with Crippen molar-refractivity contribution in [1.82, 2.24) is 0 Å². The van der Waals surface area contributed by atoms with Gasteiger partial charge in [-0.05, 0) is 43.3 Å². The van der Waals surface area contributed by atoms with Gasteiger partial charge in [-0.2, -0.15) is 0 Å². The van der Waals surface area contributed by atoms with Gasteiger partial charge >= 0.3 is 5.97 Å². The fraction of sp³-hybridized carbons (Fsp3) is 0.235. The van der Waals surface area contributed by atoms with Gasteiger partial charge in [0.25, 0.3) is 10.0 Å². The van der Waals surface area contributed by atoms with Crippen molar-refractivity contribution < 1.29 is 22.7 Å². The molecule has 9 heteroatoms. The van der Waals surface area contributed by atoms with Crippen molar-refractivity contribution in [3.8, 4) is 5.75 Å². The first-order valence-electron chi connectivity index (χ1n) is 7.51. The second kappa shape index (κ2) is 8.16. The number of nitrogens with zero attached hydrogens (tertiary/aromatic N) is 1. The molecule has 0 bridgehead atoms. The highest BCUT2D eigenvalue weighted by Gasteiger charge is 2.24. The summed E-state index contributed by atoms with van der Waals surface area (Å²) in [5.74, 6) is -0.202. The first-order valence-corrected chi connectivity index (χ1v) is 9.71. The van der Waals surface area contributed by atoms with E-state index in [9.17, 15) is 13.2 Å². The fourth-order valence-corrected chi connectivity index (χ4v) is 3.97. The molecule has 0 aliphatic heterocycles. The summed E-state index contributed by atoms with van der Waals surface area (Å²) in [6.45, 7) is 1.89. The second-order valence-electron chi connectivity index (χ2n) is 5.15. The van der Waals surface area contributed by atoms with Gasteiger partial charge in [0.2, 0.25) is 0 Å². The maximum absolute atomic E-state index is 12.8. The van der Waals surface area contributed by atoms with E-state index in [1.807, 2.05) is 0 Å². The fourth-order valence-electron chi connectivity index (χ4n) is 2.18. The minimum Gasteiger partial charge on any atom is -0.495 e. The Hall–Kier alpha value is -1.96. The average molecular weight is 418 g/mol. The van der Waals surface area contributed by atoms with Gasteiger partial charge in [0.15, 0.2) is 0 Å². The predicted molar refractivity (Wildman–Crippen MR) is 101 cm³/mol. The molecule has 0 amide bonds. The van der Waals surface area contributed by atoms with Crippen LogP contribution < -0.4 is 9.04 Å². The van der Waals surface area contributed by atoms with E-state index in [0.29, 0.717) is 5.75 Å². The number of hydrogen-bond donors (Lipinski definition) is 0. The van der Waals surface area contributed by atoms with E-state index in [-0.39, 0.29) is 32.8 Å². The lowest BCUT2D eigenvalue weighted by Crippen LogP contribution is -2.26. The van der Waals surface area contributed by atoms with Gasteiger partial charge in [0, 0.05) is 7.05 Å². The van der Waals surface area contributed by atoms with Crippen LogP contribution in [-0.4, -0.2) is 35.2 Å². The highest BCUT2D eigenvalue weighted by Crippen LogP contribution is 2.31. The first kappa shape index (κ1) is 20.4. The van der Waals surface area contributed by atoms with Gasteiger partial charge in [-0.1, -0.05) is 23.2 Å². The molecular formula is C17H17Cl2NO5S. The van der Waals surface area contributed by atoms with Crippen LogP contribution >= 0.6 is 23.2 Å². The normalized spacial score (nSPS) is 11.1. The third-order valence-electron chi connectivity index (χ3n) is 3.59. The molecule has 0 heterocycles. The molecule has 2 aromatic rings. The van der Waals surface area contributed by atoms with Crippen LogP contribution in [0.4, 0.5) is 5.69 Å². The van der Waals surface area contributed by atoms with Gasteiger partial charge in [-0.3, -0.25) is 4.31 Å². The summed E-state index contributed by atoms with van der Waals surface area (Å²) in [6.07, 6.45) is 0. The van der Waals surface area contributed by atoms with Gasteiger partial charge in [-0.25, -0.2) is 13.2 Å². The molecule has 0 N–H and O–H groups in total. The topological polar surface area (TPSA) is 72.9 Å². The number of sulfonamides is 1. The molecule has 140 valence electrons. The Kier molecular flexibility index (Phi) is 6.39. The zero-order valence-electron chi connectivity index (χ0n) is 14.3. The lowest BCUT2D eigenvalue weighted by atomic mass is 10.2. The molecule has 0 radical (unpaired) electrons. The number of benzene rings is 2. The van der Waals surface area contributed by atoms with E-state index < -0.39 is 16.0 Å². The zero-order chi connectivity index (χ0) is 19.5. The summed E-state index contributed by atoms with van der Waals surface area (Å²) < 4.78 is 36.6. The number of ether oxygens (including phenoxy) is 2. The molecular weight excluding hydrogens is 401 g/mol.